The number of urea groups is 1. The molecule has 4 atom stereocenters. The minimum atomic E-state index is -0.774. The van der Waals surface area contributed by atoms with E-state index in [0.717, 1.165) is 11.8 Å². The third-order valence-corrected chi connectivity index (χ3v) is 7.03. The van der Waals surface area contributed by atoms with Gasteiger partial charge in [-0.3, -0.25) is 14.9 Å². The average molecular weight is 333 g/mol. The third kappa shape index (κ3) is 2.60. The average Bonchev–Trinajstić information content (AvgIpc) is 3.23. The van der Waals surface area contributed by atoms with Crippen LogP contribution in [0.25, 0.3) is 0 Å². The van der Waals surface area contributed by atoms with Crippen molar-refractivity contribution in [2.75, 3.05) is 0 Å². The van der Waals surface area contributed by atoms with Crippen molar-refractivity contribution in [2.24, 2.45) is 23.7 Å². The fraction of sp³-hybridized carbons (Fsp3) is 0.833. The standard InChI is InChI=1S/C18H27N3O3/c1-10(14-9-11-2-3-13(14)8-11)19-15(22)12-4-6-18(7-5-12)16(23)20-17(24)21-18/h10-14H,2-9H2,1H3,(H,19,22)(H2,20,21,23,24)/t10-,11-,12?,13-,14-,18?/m0/s1. The smallest absolute Gasteiger partial charge is 0.322 e. The topological polar surface area (TPSA) is 87.3 Å². The number of carbonyl (C=O) groups excluding carboxylic acids is 3. The SMILES string of the molecule is C[C@H](NC(=O)C1CCC2(CC1)NC(=O)NC2=O)[C@@H]1C[C@H]2CC[C@H]1C2. The Morgan fingerprint density at radius 1 is 1.17 bits per heavy atom. The molecule has 1 saturated heterocycles. The molecule has 1 heterocycles. The Labute approximate surface area is 142 Å². The molecule has 0 unspecified atom stereocenters. The molecule has 0 radical (unpaired) electrons. The molecule has 0 aromatic rings. The molecular weight excluding hydrogens is 306 g/mol. The molecule has 3 saturated carbocycles. The second kappa shape index (κ2) is 5.74. The van der Waals surface area contributed by atoms with E-state index >= 15 is 0 Å². The lowest BCUT2D eigenvalue weighted by atomic mass is 9.76. The van der Waals surface area contributed by atoms with E-state index in [1.165, 1.54) is 25.7 Å². The zero-order valence-electron chi connectivity index (χ0n) is 14.3. The number of nitrogens with one attached hydrogen (secondary N) is 3. The van der Waals surface area contributed by atoms with E-state index in [2.05, 4.69) is 22.9 Å². The predicted molar refractivity (Wildman–Crippen MR) is 87.9 cm³/mol. The predicted octanol–water partition coefficient (Wildman–Crippen LogP) is 1.70. The van der Waals surface area contributed by atoms with Crippen LogP contribution in [0.2, 0.25) is 0 Å². The van der Waals surface area contributed by atoms with Crippen LogP contribution in [0.5, 0.6) is 0 Å². The number of carbonyl (C=O) groups is 3. The molecule has 0 aromatic heterocycles. The summed E-state index contributed by atoms with van der Waals surface area (Å²) in [6.07, 6.45) is 7.73. The van der Waals surface area contributed by atoms with Crippen LogP contribution in [0.15, 0.2) is 0 Å². The van der Waals surface area contributed by atoms with Crippen molar-refractivity contribution in [2.45, 2.75) is 69.9 Å². The Morgan fingerprint density at radius 2 is 1.92 bits per heavy atom. The molecular formula is C18H27N3O3. The van der Waals surface area contributed by atoms with Crippen LogP contribution >= 0.6 is 0 Å². The molecule has 4 rings (SSSR count). The Bertz CT molecular complexity index is 568. The van der Waals surface area contributed by atoms with Gasteiger partial charge in [-0.05, 0) is 69.6 Å². The summed E-state index contributed by atoms with van der Waals surface area (Å²) in [6, 6.07) is -0.161. The minimum absolute atomic E-state index is 0.0398. The van der Waals surface area contributed by atoms with Gasteiger partial charge in [0.15, 0.2) is 0 Å². The number of fused-ring (bicyclic) bond motifs is 2. The summed E-state index contributed by atoms with van der Waals surface area (Å²) in [5.41, 5.74) is -0.774. The lowest BCUT2D eigenvalue weighted by molar-refractivity contribution is -0.131. The van der Waals surface area contributed by atoms with Gasteiger partial charge >= 0.3 is 6.03 Å². The van der Waals surface area contributed by atoms with E-state index in [-0.39, 0.29) is 23.8 Å². The Balaban J connectivity index is 1.30. The van der Waals surface area contributed by atoms with Crippen molar-refractivity contribution in [1.82, 2.24) is 16.0 Å². The molecule has 3 N–H and O–H groups in total. The zero-order chi connectivity index (χ0) is 16.9. The van der Waals surface area contributed by atoms with Crippen LogP contribution in [0.3, 0.4) is 0 Å². The van der Waals surface area contributed by atoms with E-state index < -0.39 is 11.6 Å². The highest BCUT2D eigenvalue weighted by Gasteiger charge is 2.49. The minimum Gasteiger partial charge on any atom is -0.353 e. The summed E-state index contributed by atoms with van der Waals surface area (Å²) < 4.78 is 0. The van der Waals surface area contributed by atoms with Crippen LogP contribution < -0.4 is 16.0 Å². The van der Waals surface area contributed by atoms with Crippen molar-refractivity contribution in [3.63, 3.8) is 0 Å². The maximum Gasteiger partial charge on any atom is 0.322 e. The molecule has 1 aliphatic heterocycles. The molecule has 2 bridgehead atoms. The molecule has 4 aliphatic rings. The van der Waals surface area contributed by atoms with Crippen LogP contribution in [-0.4, -0.2) is 29.4 Å². The number of imide groups is 1. The summed E-state index contributed by atoms with van der Waals surface area (Å²) in [7, 11) is 0. The van der Waals surface area contributed by atoms with Crippen molar-refractivity contribution in [3.05, 3.63) is 0 Å². The van der Waals surface area contributed by atoms with Gasteiger partial charge < -0.3 is 10.6 Å². The summed E-state index contributed by atoms with van der Waals surface area (Å²) in [5.74, 6) is 2.19. The van der Waals surface area contributed by atoms with E-state index in [1.807, 2.05) is 0 Å². The van der Waals surface area contributed by atoms with Gasteiger partial charge in [-0.25, -0.2) is 4.79 Å². The summed E-state index contributed by atoms with van der Waals surface area (Å²) in [4.78, 5) is 36.0. The molecule has 24 heavy (non-hydrogen) atoms. The van der Waals surface area contributed by atoms with Gasteiger partial charge in [0.05, 0.1) is 0 Å². The molecule has 4 fully saturated rings. The van der Waals surface area contributed by atoms with Crippen molar-refractivity contribution < 1.29 is 14.4 Å². The van der Waals surface area contributed by atoms with Gasteiger partial charge in [0, 0.05) is 12.0 Å². The lowest BCUT2D eigenvalue weighted by Gasteiger charge is -2.35. The quantitative estimate of drug-likeness (QED) is 0.687. The van der Waals surface area contributed by atoms with E-state index in [4.69, 9.17) is 0 Å². The molecule has 4 amide bonds. The van der Waals surface area contributed by atoms with Gasteiger partial charge in [-0.1, -0.05) is 6.42 Å². The van der Waals surface area contributed by atoms with Crippen molar-refractivity contribution in [3.8, 4) is 0 Å². The van der Waals surface area contributed by atoms with Crippen molar-refractivity contribution >= 4 is 17.8 Å². The van der Waals surface area contributed by atoms with Crippen LogP contribution in [0, 0.1) is 23.7 Å². The first-order valence-corrected chi connectivity index (χ1v) is 9.41. The molecule has 0 aromatic carbocycles. The number of hydrogen-bond donors (Lipinski definition) is 3. The van der Waals surface area contributed by atoms with E-state index in [1.54, 1.807) is 0 Å². The highest BCUT2D eigenvalue weighted by Crippen LogP contribution is 2.49. The normalized spacial score (nSPS) is 42.0. The summed E-state index contributed by atoms with van der Waals surface area (Å²) in [6.45, 7) is 2.15. The lowest BCUT2D eigenvalue weighted by Crippen LogP contribution is -2.51. The third-order valence-electron chi connectivity index (χ3n) is 7.03. The first-order chi connectivity index (χ1) is 11.5. The first-order valence-electron chi connectivity index (χ1n) is 9.41. The Kier molecular flexibility index (Phi) is 3.81. The fourth-order valence-electron chi connectivity index (χ4n) is 5.61. The maximum absolute atomic E-state index is 12.6. The molecule has 1 spiro atoms. The fourth-order valence-corrected chi connectivity index (χ4v) is 5.61. The highest BCUT2D eigenvalue weighted by atomic mass is 16.2. The molecule has 6 heteroatoms. The maximum atomic E-state index is 12.6. The molecule has 6 nitrogen and oxygen atoms in total. The van der Waals surface area contributed by atoms with E-state index in [9.17, 15) is 14.4 Å². The first kappa shape index (κ1) is 15.9. The van der Waals surface area contributed by atoms with Crippen LogP contribution in [0.4, 0.5) is 4.79 Å². The van der Waals surface area contributed by atoms with E-state index in [0.29, 0.717) is 31.6 Å². The Morgan fingerprint density at radius 3 is 2.46 bits per heavy atom. The number of amides is 4. The largest absolute Gasteiger partial charge is 0.353 e. The van der Waals surface area contributed by atoms with Gasteiger partial charge in [-0.15, -0.1) is 0 Å². The highest BCUT2D eigenvalue weighted by molar-refractivity contribution is 6.07. The second-order valence-corrected chi connectivity index (χ2v) is 8.40. The summed E-state index contributed by atoms with van der Waals surface area (Å²) in [5, 5.41) is 8.32. The Hall–Kier alpha value is -1.59. The van der Waals surface area contributed by atoms with Gasteiger partial charge in [-0.2, -0.15) is 0 Å². The van der Waals surface area contributed by atoms with Gasteiger partial charge in [0.2, 0.25) is 5.91 Å². The van der Waals surface area contributed by atoms with Crippen LogP contribution in [0.1, 0.15) is 58.3 Å². The molecule has 3 aliphatic carbocycles. The zero-order valence-corrected chi connectivity index (χ0v) is 14.3. The number of rotatable bonds is 3. The molecule has 132 valence electrons. The van der Waals surface area contributed by atoms with Crippen LogP contribution in [-0.2, 0) is 9.59 Å². The summed E-state index contributed by atoms with van der Waals surface area (Å²) >= 11 is 0. The van der Waals surface area contributed by atoms with Gasteiger partial charge in [0.1, 0.15) is 5.54 Å². The second-order valence-electron chi connectivity index (χ2n) is 8.40. The number of hydrogen-bond acceptors (Lipinski definition) is 3. The van der Waals surface area contributed by atoms with Crippen molar-refractivity contribution in [1.29, 1.82) is 0 Å². The monoisotopic (exact) mass is 333 g/mol. The van der Waals surface area contributed by atoms with Gasteiger partial charge in [0.25, 0.3) is 5.91 Å².